The van der Waals surface area contributed by atoms with Crippen molar-refractivity contribution < 1.29 is 9.90 Å². The number of nitrogens with one attached hydrogen (secondary N) is 1. The van der Waals surface area contributed by atoms with Crippen molar-refractivity contribution in [3.05, 3.63) is 65.5 Å². The van der Waals surface area contributed by atoms with E-state index in [2.05, 4.69) is 22.1 Å². The molecule has 0 unspecified atom stereocenters. The number of nitrogens with zero attached hydrogens (tertiary/aromatic N) is 1. The van der Waals surface area contributed by atoms with Gasteiger partial charge in [0.25, 0.3) is 5.91 Å². The molecular weight excluding hydrogens is 252 g/mol. The van der Waals surface area contributed by atoms with Gasteiger partial charge in [-0.2, -0.15) is 0 Å². The van der Waals surface area contributed by atoms with Crippen molar-refractivity contribution in [3.63, 3.8) is 0 Å². The van der Waals surface area contributed by atoms with Crippen molar-refractivity contribution in [2.45, 2.75) is 6.54 Å². The van der Waals surface area contributed by atoms with Crippen LogP contribution in [0.25, 0.3) is 0 Å². The molecule has 0 radical (unpaired) electrons. The van der Waals surface area contributed by atoms with Crippen LogP contribution in [-0.2, 0) is 6.54 Å². The molecule has 2 aromatic rings. The van der Waals surface area contributed by atoms with Gasteiger partial charge >= 0.3 is 0 Å². The first-order valence-corrected chi connectivity index (χ1v) is 6.16. The molecule has 0 bridgehead atoms. The molecule has 20 heavy (non-hydrogen) atoms. The zero-order valence-corrected chi connectivity index (χ0v) is 10.8. The summed E-state index contributed by atoms with van der Waals surface area (Å²) in [5.41, 5.74) is 2.41. The number of aromatic nitrogens is 1. The molecule has 1 aromatic heterocycles. The molecule has 4 heteroatoms. The number of hydrogen-bond donors (Lipinski definition) is 2. The lowest BCUT2D eigenvalue weighted by molar-refractivity contribution is 0.0951. The van der Waals surface area contributed by atoms with Crippen molar-refractivity contribution in [3.8, 4) is 11.8 Å². The van der Waals surface area contributed by atoms with Crippen LogP contribution in [0.2, 0.25) is 0 Å². The first kappa shape index (κ1) is 13.8. The summed E-state index contributed by atoms with van der Waals surface area (Å²) >= 11 is 0. The van der Waals surface area contributed by atoms with Crippen molar-refractivity contribution in [1.29, 1.82) is 0 Å². The van der Waals surface area contributed by atoms with Crippen molar-refractivity contribution in [2.75, 3.05) is 6.61 Å². The Kier molecular flexibility index (Phi) is 4.87. The Hall–Kier alpha value is -2.64. The van der Waals surface area contributed by atoms with E-state index in [1.165, 1.54) is 0 Å². The largest absolute Gasteiger partial charge is 0.384 e. The maximum absolute atomic E-state index is 11.8. The number of carbonyl (C=O) groups is 1. The smallest absolute Gasteiger partial charge is 0.251 e. The molecule has 0 saturated carbocycles. The highest BCUT2D eigenvalue weighted by Gasteiger charge is 2.03. The Labute approximate surface area is 117 Å². The number of rotatable bonds is 3. The third-order valence-corrected chi connectivity index (χ3v) is 2.66. The third kappa shape index (κ3) is 3.94. The highest BCUT2D eigenvalue weighted by Crippen LogP contribution is 2.04. The summed E-state index contributed by atoms with van der Waals surface area (Å²) in [6, 6.07) is 10.8. The molecule has 0 fully saturated rings. The number of amides is 1. The normalized spacial score (nSPS) is 9.45. The van der Waals surface area contributed by atoms with Gasteiger partial charge in [0.2, 0.25) is 0 Å². The molecule has 0 aliphatic rings. The van der Waals surface area contributed by atoms with Gasteiger partial charge in [0, 0.05) is 30.1 Å². The Morgan fingerprint density at radius 1 is 1.15 bits per heavy atom. The summed E-state index contributed by atoms with van der Waals surface area (Å²) in [6.45, 7) is 0.304. The van der Waals surface area contributed by atoms with E-state index in [1.54, 1.807) is 24.5 Å². The summed E-state index contributed by atoms with van der Waals surface area (Å²) in [5.74, 6) is 5.28. The fraction of sp³-hybridized carbons (Fsp3) is 0.125. The van der Waals surface area contributed by atoms with Crippen LogP contribution in [-0.4, -0.2) is 22.6 Å². The van der Waals surface area contributed by atoms with Crippen LogP contribution in [0.5, 0.6) is 0 Å². The van der Waals surface area contributed by atoms with E-state index in [9.17, 15) is 4.79 Å². The van der Waals surface area contributed by atoms with Gasteiger partial charge in [-0.25, -0.2) is 0 Å². The standard InChI is InChI=1S/C16H14N2O2/c19-11-1-2-13-3-5-14(6-4-13)12-18-16(20)15-7-9-17-10-8-15/h3-10,19H,11-12H2,(H,18,20). The Morgan fingerprint density at radius 3 is 2.50 bits per heavy atom. The average molecular weight is 266 g/mol. The Morgan fingerprint density at radius 2 is 1.85 bits per heavy atom. The van der Waals surface area contributed by atoms with Crippen LogP contribution in [0.1, 0.15) is 21.5 Å². The van der Waals surface area contributed by atoms with Gasteiger partial charge in [0.05, 0.1) is 0 Å². The van der Waals surface area contributed by atoms with Crippen LogP contribution in [0.4, 0.5) is 0 Å². The van der Waals surface area contributed by atoms with Gasteiger partial charge in [-0.1, -0.05) is 24.0 Å². The molecular formula is C16H14N2O2. The fourth-order valence-electron chi connectivity index (χ4n) is 1.64. The van der Waals surface area contributed by atoms with E-state index in [0.29, 0.717) is 12.1 Å². The van der Waals surface area contributed by atoms with Gasteiger partial charge < -0.3 is 10.4 Å². The second-order valence-corrected chi connectivity index (χ2v) is 4.08. The molecule has 0 spiro atoms. The number of benzene rings is 1. The van der Waals surface area contributed by atoms with Gasteiger partial charge in [-0.15, -0.1) is 0 Å². The predicted molar refractivity (Wildman–Crippen MR) is 75.8 cm³/mol. The third-order valence-electron chi connectivity index (χ3n) is 2.66. The average Bonchev–Trinajstić information content (AvgIpc) is 2.52. The lowest BCUT2D eigenvalue weighted by Crippen LogP contribution is -2.22. The molecule has 4 nitrogen and oxygen atoms in total. The lowest BCUT2D eigenvalue weighted by Gasteiger charge is -2.05. The maximum atomic E-state index is 11.8. The Bertz CT molecular complexity index is 625. The summed E-state index contributed by atoms with van der Waals surface area (Å²) in [7, 11) is 0. The first-order valence-electron chi connectivity index (χ1n) is 6.16. The van der Waals surface area contributed by atoms with Gasteiger partial charge in [0.1, 0.15) is 6.61 Å². The monoisotopic (exact) mass is 266 g/mol. The van der Waals surface area contributed by atoms with E-state index in [1.807, 2.05) is 24.3 Å². The SMILES string of the molecule is O=C(NCc1ccc(C#CCO)cc1)c1ccncc1. The van der Waals surface area contributed by atoms with Crippen LogP contribution in [0.15, 0.2) is 48.8 Å². The molecule has 1 aromatic carbocycles. The van der Waals surface area contributed by atoms with E-state index in [0.717, 1.165) is 11.1 Å². The van der Waals surface area contributed by atoms with Crippen LogP contribution in [0, 0.1) is 11.8 Å². The molecule has 2 N–H and O–H groups in total. The molecule has 0 aliphatic carbocycles. The zero-order chi connectivity index (χ0) is 14.2. The van der Waals surface area contributed by atoms with Crippen LogP contribution < -0.4 is 5.32 Å². The van der Waals surface area contributed by atoms with Gasteiger partial charge in [-0.3, -0.25) is 9.78 Å². The second-order valence-electron chi connectivity index (χ2n) is 4.08. The quantitative estimate of drug-likeness (QED) is 0.824. The maximum Gasteiger partial charge on any atom is 0.251 e. The summed E-state index contributed by atoms with van der Waals surface area (Å²) < 4.78 is 0. The van der Waals surface area contributed by atoms with Gasteiger partial charge in [0.15, 0.2) is 0 Å². The van der Waals surface area contributed by atoms with Crippen LogP contribution >= 0.6 is 0 Å². The topological polar surface area (TPSA) is 62.2 Å². The molecule has 1 heterocycles. The fourth-order valence-corrected chi connectivity index (χ4v) is 1.64. The zero-order valence-electron chi connectivity index (χ0n) is 10.8. The van der Waals surface area contributed by atoms with Crippen LogP contribution in [0.3, 0.4) is 0 Å². The van der Waals surface area contributed by atoms with E-state index >= 15 is 0 Å². The molecule has 2 rings (SSSR count). The van der Waals surface area contributed by atoms with Crippen molar-refractivity contribution >= 4 is 5.91 Å². The number of pyridine rings is 1. The Balaban J connectivity index is 1.93. The van der Waals surface area contributed by atoms with Gasteiger partial charge in [-0.05, 0) is 29.8 Å². The minimum atomic E-state index is -0.149. The summed E-state index contributed by atoms with van der Waals surface area (Å²) in [4.78, 5) is 15.7. The molecule has 0 atom stereocenters. The number of hydrogen-bond acceptors (Lipinski definition) is 3. The summed E-state index contributed by atoms with van der Waals surface area (Å²) in [5, 5.41) is 11.4. The highest BCUT2D eigenvalue weighted by molar-refractivity contribution is 5.93. The first-order chi connectivity index (χ1) is 9.79. The molecule has 100 valence electrons. The summed E-state index contributed by atoms with van der Waals surface area (Å²) in [6.07, 6.45) is 3.17. The molecule has 0 aliphatic heterocycles. The molecule has 1 amide bonds. The molecule has 0 saturated heterocycles. The van der Waals surface area contributed by atoms with Crippen molar-refractivity contribution in [1.82, 2.24) is 10.3 Å². The minimum absolute atomic E-state index is 0.128. The number of aliphatic hydroxyl groups is 1. The highest BCUT2D eigenvalue weighted by atomic mass is 16.2. The van der Waals surface area contributed by atoms with E-state index < -0.39 is 0 Å². The predicted octanol–water partition coefficient (Wildman–Crippen LogP) is 1.36. The number of aliphatic hydroxyl groups excluding tert-OH is 1. The lowest BCUT2D eigenvalue weighted by atomic mass is 10.1. The second kappa shape index (κ2) is 7.07. The van der Waals surface area contributed by atoms with Crippen molar-refractivity contribution in [2.24, 2.45) is 0 Å². The van der Waals surface area contributed by atoms with E-state index in [4.69, 9.17) is 5.11 Å². The minimum Gasteiger partial charge on any atom is -0.384 e. The van der Waals surface area contributed by atoms with E-state index in [-0.39, 0.29) is 12.5 Å². The number of carbonyl (C=O) groups excluding carboxylic acids is 1.